The summed E-state index contributed by atoms with van der Waals surface area (Å²) in [6.07, 6.45) is 2.06. The minimum atomic E-state index is -0.255. The Morgan fingerprint density at radius 2 is 1.97 bits per heavy atom. The normalized spacial score (nSPS) is 26.2. The van der Waals surface area contributed by atoms with E-state index in [-0.39, 0.29) is 18.1 Å². The van der Waals surface area contributed by atoms with Gasteiger partial charge in [-0.1, -0.05) is 0 Å². The van der Waals surface area contributed by atoms with E-state index in [1.165, 1.54) is 13.0 Å². The summed E-state index contributed by atoms with van der Waals surface area (Å²) in [5, 5.41) is 3.20. The van der Waals surface area contributed by atoms with Gasteiger partial charge in [0.2, 0.25) is 0 Å². The van der Waals surface area contributed by atoms with Gasteiger partial charge in [0.05, 0.1) is 7.11 Å². The van der Waals surface area contributed by atoms with Crippen LogP contribution in [-0.4, -0.2) is 62.9 Å². The standard InChI is InChI=1S/C24H28N2O5/c1-28-19-3-5-20(6-4-19)29-14-21-15-30-22-7-2-17(11-23(22)31-21)24(27)25-18-10-16-8-9-26(12-16)13-18/h2-7,11,16,18,21H,8-10,12-15H2,1H3,(H,25,27)/t16-,18+,21+/m0/s1. The third-order valence-corrected chi connectivity index (χ3v) is 6.22. The second-order valence-corrected chi connectivity index (χ2v) is 8.52. The molecule has 7 nitrogen and oxygen atoms in total. The topological polar surface area (TPSA) is 69.3 Å². The fourth-order valence-electron chi connectivity index (χ4n) is 4.63. The molecule has 2 aromatic carbocycles. The SMILES string of the molecule is COc1ccc(OC[C@@H]2COc3ccc(C(=O)N[C@@H]4C[C@@H]5CCN(C5)C4)cc3O2)cc1. The van der Waals surface area contributed by atoms with Crippen LogP contribution in [0.5, 0.6) is 23.0 Å². The molecule has 0 aromatic heterocycles. The van der Waals surface area contributed by atoms with E-state index in [2.05, 4.69) is 10.2 Å². The van der Waals surface area contributed by atoms with Gasteiger partial charge in [0.15, 0.2) is 17.6 Å². The lowest BCUT2D eigenvalue weighted by Gasteiger charge is -2.30. The van der Waals surface area contributed by atoms with E-state index in [1.807, 2.05) is 24.3 Å². The number of benzene rings is 2. The average Bonchev–Trinajstić information content (AvgIpc) is 3.15. The Kier molecular flexibility index (Phi) is 5.59. The van der Waals surface area contributed by atoms with E-state index < -0.39 is 0 Å². The molecule has 3 aliphatic rings. The predicted octanol–water partition coefficient (Wildman–Crippen LogP) is 2.74. The van der Waals surface area contributed by atoms with Crippen molar-refractivity contribution in [2.24, 2.45) is 5.92 Å². The Balaban J connectivity index is 1.18. The highest BCUT2D eigenvalue weighted by Crippen LogP contribution is 2.33. The number of ether oxygens (including phenoxy) is 4. The number of piperidine rings is 1. The highest BCUT2D eigenvalue weighted by molar-refractivity contribution is 5.95. The van der Waals surface area contributed by atoms with Gasteiger partial charge in [0.1, 0.15) is 24.7 Å². The van der Waals surface area contributed by atoms with Crippen LogP contribution >= 0.6 is 0 Å². The summed E-state index contributed by atoms with van der Waals surface area (Å²) in [7, 11) is 1.63. The molecule has 5 rings (SSSR count). The van der Waals surface area contributed by atoms with Crippen LogP contribution in [0.1, 0.15) is 23.2 Å². The molecule has 0 aliphatic carbocycles. The fraction of sp³-hybridized carbons (Fsp3) is 0.458. The molecule has 0 saturated carbocycles. The first-order valence-electron chi connectivity index (χ1n) is 10.9. The number of carbonyl (C=O) groups excluding carboxylic acids is 1. The summed E-state index contributed by atoms with van der Waals surface area (Å²) in [6, 6.07) is 13.0. The smallest absolute Gasteiger partial charge is 0.251 e. The van der Waals surface area contributed by atoms with Gasteiger partial charge in [-0.2, -0.15) is 0 Å². The molecule has 2 bridgehead atoms. The van der Waals surface area contributed by atoms with Crippen molar-refractivity contribution in [3.8, 4) is 23.0 Å². The van der Waals surface area contributed by atoms with Gasteiger partial charge in [0.25, 0.3) is 5.91 Å². The zero-order valence-corrected chi connectivity index (χ0v) is 17.7. The number of carbonyl (C=O) groups is 1. The molecule has 0 radical (unpaired) electrons. The van der Waals surface area contributed by atoms with Crippen molar-refractivity contribution in [2.75, 3.05) is 40.0 Å². The Labute approximate surface area is 182 Å². The first-order chi connectivity index (χ1) is 15.2. The van der Waals surface area contributed by atoms with Crippen LogP contribution < -0.4 is 24.3 Å². The third-order valence-electron chi connectivity index (χ3n) is 6.22. The van der Waals surface area contributed by atoms with Crippen molar-refractivity contribution >= 4 is 5.91 Å². The molecule has 7 heteroatoms. The molecule has 4 atom stereocenters. The maximum atomic E-state index is 12.8. The molecule has 0 spiro atoms. The lowest BCUT2D eigenvalue weighted by molar-refractivity contribution is 0.0533. The zero-order chi connectivity index (χ0) is 21.2. The summed E-state index contributed by atoms with van der Waals surface area (Å²) < 4.78 is 22.9. The molecule has 3 heterocycles. The summed E-state index contributed by atoms with van der Waals surface area (Å²) in [6.45, 7) is 4.02. The van der Waals surface area contributed by atoms with Crippen LogP contribution in [0.2, 0.25) is 0 Å². The molecule has 2 fully saturated rings. The Morgan fingerprint density at radius 1 is 1.13 bits per heavy atom. The fourth-order valence-corrected chi connectivity index (χ4v) is 4.63. The number of fused-ring (bicyclic) bond motifs is 3. The molecule has 1 unspecified atom stereocenters. The number of hydrogen-bond acceptors (Lipinski definition) is 6. The molecule has 3 aliphatic heterocycles. The van der Waals surface area contributed by atoms with Gasteiger partial charge >= 0.3 is 0 Å². The molecular weight excluding hydrogens is 396 g/mol. The number of amides is 1. The Bertz CT molecular complexity index is 920. The number of rotatable bonds is 6. The van der Waals surface area contributed by atoms with Crippen molar-refractivity contribution in [3.63, 3.8) is 0 Å². The molecule has 1 amide bonds. The van der Waals surface area contributed by atoms with Gasteiger partial charge in [0, 0.05) is 24.7 Å². The maximum Gasteiger partial charge on any atom is 0.251 e. The van der Waals surface area contributed by atoms with E-state index in [0.717, 1.165) is 31.0 Å². The van der Waals surface area contributed by atoms with Crippen LogP contribution in [-0.2, 0) is 0 Å². The highest BCUT2D eigenvalue weighted by Gasteiger charge is 2.33. The molecular formula is C24H28N2O5. The summed E-state index contributed by atoms with van der Waals surface area (Å²) in [5.41, 5.74) is 0.590. The van der Waals surface area contributed by atoms with E-state index in [1.54, 1.807) is 25.3 Å². The van der Waals surface area contributed by atoms with Gasteiger partial charge in [-0.3, -0.25) is 4.79 Å². The average molecular weight is 424 g/mol. The monoisotopic (exact) mass is 424 g/mol. The van der Waals surface area contributed by atoms with Crippen LogP contribution in [0, 0.1) is 5.92 Å². The van der Waals surface area contributed by atoms with Gasteiger partial charge in [-0.15, -0.1) is 0 Å². The largest absolute Gasteiger partial charge is 0.497 e. The number of methoxy groups -OCH3 is 1. The number of nitrogens with zero attached hydrogens (tertiary/aromatic N) is 1. The first kappa shape index (κ1) is 20.0. The van der Waals surface area contributed by atoms with E-state index >= 15 is 0 Å². The molecule has 2 aromatic rings. The molecule has 2 saturated heterocycles. The van der Waals surface area contributed by atoms with E-state index in [0.29, 0.717) is 36.2 Å². The van der Waals surface area contributed by atoms with Crippen LogP contribution in [0.15, 0.2) is 42.5 Å². The van der Waals surface area contributed by atoms with Crippen molar-refractivity contribution in [2.45, 2.75) is 25.0 Å². The highest BCUT2D eigenvalue weighted by atomic mass is 16.6. The second-order valence-electron chi connectivity index (χ2n) is 8.52. The summed E-state index contributed by atoms with van der Waals surface area (Å²) in [5.74, 6) is 3.40. The summed E-state index contributed by atoms with van der Waals surface area (Å²) in [4.78, 5) is 15.3. The van der Waals surface area contributed by atoms with Crippen LogP contribution in [0.25, 0.3) is 0 Å². The van der Waals surface area contributed by atoms with E-state index in [4.69, 9.17) is 18.9 Å². The van der Waals surface area contributed by atoms with Crippen molar-refractivity contribution < 1.29 is 23.7 Å². The summed E-state index contributed by atoms with van der Waals surface area (Å²) >= 11 is 0. The number of hydrogen-bond donors (Lipinski definition) is 1. The lowest BCUT2D eigenvalue weighted by Crippen LogP contribution is -2.47. The van der Waals surface area contributed by atoms with Gasteiger partial charge < -0.3 is 29.2 Å². The van der Waals surface area contributed by atoms with Crippen LogP contribution in [0.4, 0.5) is 0 Å². The Morgan fingerprint density at radius 3 is 2.77 bits per heavy atom. The van der Waals surface area contributed by atoms with Gasteiger partial charge in [-0.05, 0) is 67.8 Å². The minimum Gasteiger partial charge on any atom is -0.497 e. The molecule has 31 heavy (non-hydrogen) atoms. The van der Waals surface area contributed by atoms with Crippen LogP contribution in [0.3, 0.4) is 0 Å². The quantitative estimate of drug-likeness (QED) is 0.769. The third kappa shape index (κ3) is 4.56. The second kappa shape index (κ2) is 8.67. The minimum absolute atomic E-state index is 0.0597. The molecule has 164 valence electrons. The van der Waals surface area contributed by atoms with Gasteiger partial charge in [-0.25, -0.2) is 0 Å². The van der Waals surface area contributed by atoms with Crippen molar-refractivity contribution in [1.29, 1.82) is 0 Å². The van der Waals surface area contributed by atoms with Crippen molar-refractivity contribution in [3.05, 3.63) is 48.0 Å². The number of nitrogens with one attached hydrogen (secondary N) is 1. The maximum absolute atomic E-state index is 12.8. The predicted molar refractivity (Wildman–Crippen MR) is 115 cm³/mol. The molecule has 1 N–H and O–H groups in total. The Hall–Kier alpha value is -2.93. The van der Waals surface area contributed by atoms with E-state index in [9.17, 15) is 4.79 Å². The lowest BCUT2D eigenvalue weighted by atomic mass is 9.96. The first-order valence-corrected chi connectivity index (χ1v) is 10.9. The van der Waals surface area contributed by atoms with Crippen molar-refractivity contribution in [1.82, 2.24) is 10.2 Å². The zero-order valence-electron chi connectivity index (χ0n) is 17.7.